The summed E-state index contributed by atoms with van der Waals surface area (Å²) in [5.74, 6) is 1.24. The van der Waals surface area contributed by atoms with Crippen molar-refractivity contribution in [2.75, 3.05) is 17.2 Å². The van der Waals surface area contributed by atoms with Gasteiger partial charge in [-0.3, -0.25) is 4.79 Å². The molecule has 32 heavy (non-hydrogen) atoms. The highest BCUT2D eigenvalue weighted by Crippen LogP contribution is 2.37. The molecule has 166 valence electrons. The number of hydrogen-bond acceptors (Lipinski definition) is 5. The quantitative estimate of drug-likeness (QED) is 0.438. The fourth-order valence-electron chi connectivity index (χ4n) is 3.92. The van der Waals surface area contributed by atoms with E-state index in [1.165, 1.54) is 0 Å². The van der Waals surface area contributed by atoms with Crippen LogP contribution in [0.15, 0.2) is 64.2 Å². The Morgan fingerprint density at radius 1 is 1.16 bits per heavy atom. The molecule has 2 aromatic carbocycles. The normalized spacial score (nSPS) is 13.2. The molecule has 3 aromatic rings. The van der Waals surface area contributed by atoms with Crippen LogP contribution in [-0.2, 0) is 27.5 Å². The first-order valence-corrected chi connectivity index (χ1v) is 12.8. The second-order valence-electron chi connectivity index (χ2n) is 7.59. The SMILES string of the molecule is CCS(=O)(=O)c1ccccc1CC(=O)N1CCc2c1ccc(Oc1ccc(Br)nc1)c2C. The van der Waals surface area contributed by atoms with E-state index in [9.17, 15) is 13.2 Å². The van der Waals surface area contributed by atoms with Gasteiger partial charge in [0.1, 0.15) is 16.1 Å². The number of hydrogen-bond donors (Lipinski definition) is 0. The number of carbonyl (C=O) groups is 1. The number of nitrogens with zero attached hydrogens (tertiary/aromatic N) is 2. The lowest BCUT2D eigenvalue weighted by molar-refractivity contribution is -0.117. The predicted octanol–water partition coefficient (Wildman–Crippen LogP) is 4.87. The Morgan fingerprint density at radius 3 is 2.66 bits per heavy atom. The molecule has 0 N–H and O–H groups in total. The molecule has 0 saturated heterocycles. The molecule has 4 rings (SSSR count). The van der Waals surface area contributed by atoms with Gasteiger partial charge < -0.3 is 9.64 Å². The Balaban J connectivity index is 1.57. The Morgan fingerprint density at radius 2 is 1.94 bits per heavy atom. The maximum absolute atomic E-state index is 13.2. The molecule has 0 fully saturated rings. The number of anilines is 1. The van der Waals surface area contributed by atoms with E-state index in [2.05, 4.69) is 20.9 Å². The monoisotopic (exact) mass is 514 g/mol. The number of sulfone groups is 1. The van der Waals surface area contributed by atoms with Crippen LogP contribution >= 0.6 is 15.9 Å². The van der Waals surface area contributed by atoms with Gasteiger partial charge in [-0.05, 0) is 76.3 Å². The molecule has 0 unspecified atom stereocenters. The number of benzene rings is 2. The molecule has 0 atom stereocenters. The van der Waals surface area contributed by atoms with E-state index >= 15 is 0 Å². The molecule has 8 heteroatoms. The van der Waals surface area contributed by atoms with E-state index < -0.39 is 9.84 Å². The average molecular weight is 515 g/mol. The van der Waals surface area contributed by atoms with Gasteiger partial charge in [-0.2, -0.15) is 0 Å². The van der Waals surface area contributed by atoms with Crippen molar-refractivity contribution in [2.24, 2.45) is 0 Å². The Bertz CT molecular complexity index is 1270. The molecule has 0 spiro atoms. The summed E-state index contributed by atoms with van der Waals surface area (Å²) in [5, 5.41) is 0. The standard InChI is InChI=1S/C24H23BrN2O4S/c1-3-32(29,30)22-7-5-4-6-17(22)14-24(28)27-13-12-19-16(2)21(10-9-20(19)27)31-18-8-11-23(25)26-15-18/h4-11,15H,3,12-14H2,1-2H3. The van der Waals surface area contributed by atoms with Crippen LogP contribution in [0.1, 0.15) is 23.6 Å². The Kier molecular flexibility index (Phi) is 6.35. The smallest absolute Gasteiger partial charge is 0.231 e. The number of amides is 1. The summed E-state index contributed by atoms with van der Waals surface area (Å²) in [6, 6.07) is 14.1. The fourth-order valence-corrected chi connectivity index (χ4v) is 5.29. The van der Waals surface area contributed by atoms with Crippen molar-refractivity contribution < 1.29 is 17.9 Å². The summed E-state index contributed by atoms with van der Waals surface area (Å²) in [7, 11) is -3.40. The molecule has 1 amide bonds. The van der Waals surface area contributed by atoms with E-state index in [0.29, 0.717) is 17.9 Å². The van der Waals surface area contributed by atoms with Crippen molar-refractivity contribution in [1.82, 2.24) is 4.98 Å². The van der Waals surface area contributed by atoms with Crippen LogP contribution in [0.25, 0.3) is 0 Å². The van der Waals surface area contributed by atoms with Crippen molar-refractivity contribution in [3.8, 4) is 11.5 Å². The van der Waals surface area contributed by atoms with Crippen LogP contribution in [0.3, 0.4) is 0 Å². The van der Waals surface area contributed by atoms with Gasteiger partial charge in [0.2, 0.25) is 5.91 Å². The number of ether oxygens (including phenoxy) is 1. The first-order valence-electron chi connectivity index (χ1n) is 10.3. The second kappa shape index (κ2) is 9.03. The van der Waals surface area contributed by atoms with E-state index in [4.69, 9.17) is 4.74 Å². The summed E-state index contributed by atoms with van der Waals surface area (Å²) in [4.78, 5) is 19.3. The van der Waals surface area contributed by atoms with Crippen molar-refractivity contribution in [3.63, 3.8) is 0 Å². The van der Waals surface area contributed by atoms with Crippen molar-refractivity contribution in [2.45, 2.75) is 31.6 Å². The Hall–Kier alpha value is -2.71. The van der Waals surface area contributed by atoms with Gasteiger partial charge in [0.05, 0.1) is 23.3 Å². The number of rotatable bonds is 6. The van der Waals surface area contributed by atoms with E-state index in [1.807, 2.05) is 31.2 Å². The molecule has 1 aliphatic heterocycles. The van der Waals surface area contributed by atoms with Crippen molar-refractivity contribution >= 4 is 37.4 Å². The highest BCUT2D eigenvalue weighted by atomic mass is 79.9. The van der Waals surface area contributed by atoms with Gasteiger partial charge in [-0.1, -0.05) is 25.1 Å². The highest BCUT2D eigenvalue weighted by molar-refractivity contribution is 9.10. The van der Waals surface area contributed by atoms with Gasteiger partial charge in [0.15, 0.2) is 9.84 Å². The lowest BCUT2D eigenvalue weighted by Crippen LogP contribution is -2.30. The summed E-state index contributed by atoms with van der Waals surface area (Å²) in [6.07, 6.45) is 2.41. The minimum absolute atomic E-state index is 0.000605. The summed E-state index contributed by atoms with van der Waals surface area (Å²) in [5.41, 5.74) is 3.43. The lowest BCUT2D eigenvalue weighted by atomic mass is 10.1. The summed E-state index contributed by atoms with van der Waals surface area (Å²) >= 11 is 3.31. The van der Waals surface area contributed by atoms with Gasteiger partial charge in [-0.25, -0.2) is 13.4 Å². The number of fused-ring (bicyclic) bond motifs is 1. The third-order valence-corrected chi connectivity index (χ3v) is 7.96. The molecule has 0 radical (unpaired) electrons. The van der Waals surface area contributed by atoms with Crippen LogP contribution in [0, 0.1) is 6.92 Å². The number of halogens is 1. The Labute approximate surface area is 196 Å². The first-order chi connectivity index (χ1) is 15.3. The maximum atomic E-state index is 13.2. The molecule has 0 aliphatic carbocycles. The number of carbonyl (C=O) groups excluding carboxylic acids is 1. The number of aromatic nitrogens is 1. The van der Waals surface area contributed by atoms with E-state index in [0.717, 1.165) is 33.6 Å². The van der Waals surface area contributed by atoms with Crippen LogP contribution in [0.2, 0.25) is 0 Å². The third-order valence-electron chi connectivity index (χ3n) is 5.66. The lowest BCUT2D eigenvalue weighted by Gasteiger charge is -2.19. The van der Waals surface area contributed by atoms with Crippen molar-refractivity contribution in [1.29, 1.82) is 0 Å². The summed E-state index contributed by atoms with van der Waals surface area (Å²) in [6.45, 7) is 4.15. The largest absolute Gasteiger partial charge is 0.455 e. The van der Waals surface area contributed by atoms with E-state index in [-0.39, 0.29) is 23.0 Å². The molecular weight excluding hydrogens is 492 g/mol. The van der Waals surface area contributed by atoms with Crippen LogP contribution in [-0.4, -0.2) is 31.6 Å². The van der Waals surface area contributed by atoms with Crippen LogP contribution in [0.4, 0.5) is 5.69 Å². The molecule has 0 bridgehead atoms. The molecule has 2 heterocycles. The summed E-state index contributed by atoms with van der Waals surface area (Å²) < 4.78 is 31.6. The van der Waals surface area contributed by atoms with E-state index in [1.54, 1.807) is 42.3 Å². The molecule has 0 saturated carbocycles. The van der Waals surface area contributed by atoms with Crippen molar-refractivity contribution in [3.05, 3.63) is 76.0 Å². The molecular formula is C24H23BrN2O4S. The second-order valence-corrected chi connectivity index (χ2v) is 10.6. The fraction of sp³-hybridized carbons (Fsp3) is 0.250. The van der Waals surface area contributed by atoms with Crippen LogP contribution < -0.4 is 9.64 Å². The number of pyridine rings is 1. The van der Waals surface area contributed by atoms with Gasteiger partial charge >= 0.3 is 0 Å². The minimum atomic E-state index is -3.40. The topological polar surface area (TPSA) is 76.6 Å². The molecule has 1 aromatic heterocycles. The highest BCUT2D eigenvalue weighted by Gasteiger charge is 2.28. The average Bonchev–Trinajstić information content (AvgIpc) is 3.22. The predicted molar refractivity (Wildman–Crippen MR) is 127 cm³/mol. The zero-order valence-electron chi connectivity index (χ0n) is 17.8. The first kappa shape index (κ1) is 22.5. The van der Waals surface area contributed by atoms with Gasteiger partial charge in [0.25, 0.3) is 0 Å². The zero-order chi connectivity index (χ0) is 22.9. The van der Waals surface area contributed by atoms with Gasteiger partial charge in [0, 0.05) is 12.2 Å². The van der Waals surface area contributed by atoms with Gasteiger partial charge in [-0.15, -0.1) is 0 Å². The third kappa shape index (κ3) is 4.42. The minimum Gasteiger partial charge on any atom is -0.455 e. The molecule has 6 nitrogen and oxygen atoms in total. The van der Waals surface area contributed by atoms with Crippen LogP contribution in [0.5, 0.6) is 11.5 Å². The maximum Gasteiger partial charge on any atom is 0.231 e. The zero-order valence-corrected chi connectivity index (χ0v) is 20.2. The molecule has 1 aliphatic rings.